The summed E-state index contributed by atoms with van der Waals surface area (Å²) in [6, 6.07) is 9.04. The summed E-state index contributed by atoms with van der Waals surface area (Å²) in [4.78, 5) is 11.2. The molecule has 1 aromatic carbocycles. The number of hydrogen-bond donors (Lipinski definition) is 2. The quantitative estimate of drug-likeness (QED) is 0.801. The molecule has 2 N–H and O–H groups in total. The Morgan fingerprint density at radius 1 is 0.920 bits per heavy atom. The fourth-order valence-electron chi connectivity index (χ4n) is 2.95. The van der Waals surface area contributed by atoms with Crippen LogP contribution in [0.4, 0.5) is 0 Å². The average Bonchev–Trinajstić information content (AvgIpc) is 2.43. The van der Waals surface area contributed by atoms with Crippen molar-refractivity contribution in [1.82, 2.24) is 0 Å². The fraction of sp³-hybridized carbons (Fsp3) is 0.429. The van der Waals surface area contributed by atoms with Gasteiger partial charge in [0.05, 0.1) is 6.07 Å². The number of carboxylic acid groups (broad SMARTS) is 1. The maximum atomic E-state index is 11.2. The van der Waals surface area contributed by atoms with Crippen LogP contribution in [0, 0.1) is 6.92 Å². The molecule has 25 heavy (non-hydrogen) atoms. The van der Waals surface area contributed by atoms with Crippen LogP contribution in [0.15, 0.2) is 30.3 Å². The smallest absolute Gasteiger partial charge is 0.339 e. The molecule has 0 aliphatic rings. The molecule has 0 aliphatic heterocycles. The van der Waals surface area contributed by atoms with Crippen molar-refractivity contribution in [2.75, 3.05) is 0 Å². The highest BCUT2D eigenvalue weighted by Crippen LogP contribution is 2.29. The van der Waals surface area contributed by atoms with Gasteiger partial charge < -0.3 is 10.2 Å². The largest absolute Gasteiger partial charge is 0.507 e. The van der Waals surface area contributed by atoms with E-state index in [4.69, 9.17) is 5.11 Å². The van der Waals surface area contributed by atoms with Gasteiger partial charge >= 0.3 is 5.97 Å². The first-order chi connectivity index (χ1) is 11.3. The van der Waals surface area contributed by atoms with Crippen molar-refractivity contribution in [3.63, 3.8) is 0 Å². The number of benzene rings is 1. The number of rotatable bonds is 2. The summed E-state index contributed by atoms with van der Waals surface area (Å²) in [5.74, 6) is -1.36. The lowest BCUT2D eigenvalue weighted by Gasteiger charge is -2.24. The molecule has 0 radical (unpaired) electrons. The Balaban J connectivity index is 2.88. The molecule has 0 amide bonds. The zero-order valence-corrected chi connectivity index (χ0v) is 16.1. The highest BCUT2D eigenvalue weighted by Gasteiger charge is 2.35. The standard InChI is InChI=1S/C21H27NO3/c1-13-10-17(20(2,3)4)22(18(11-13)21(5,6)7)14-8-9-15(19(24)25)16(23)12-14/h8-12H,1-7H3,(H-,23,24,25)/p+1. The van der Waals surface area contributed by atoms with Crippen LogP contribution in [-0.2, 0) is 10.8 Å². The van der Waals surface area contributed by atoms with E-state index in [1.54, 1.807) is 6.07 Å². The molecular formula is C21H28NO3+. The van der Waals surface area contributed by atoms with Gasteiger partial charge in [-0.25, -0.2) is 4.79 Å². The molecule has 4 nitrogen and oxygen atoms in total. The van der Waals surface area contributed by atoms with Gasteiger partial charge in [0.1, 0.15) is 11.3 Å². The number of carbonyl (C=O) groups is 1. The maximum absolute atomic E-state index is 11.2. The first-order valence-electron chi connectivity index (χ1n) is 8.46. The highest BCUT2D eigenvalue weighted by molar-refractivity contribution is 5.90. The Hall–Kier alpha value is -2.36. The van der Waals surface area contributed by atoms with Crippen molar-refractivity contribution >= 4 is 5.97 Å². The number of aromatic nitrogens is 1. The number of phenols is 1. The van der Waals surface area contributed by atoms with Gasteiger partial charge in [-0.3, -0.25) is 0 Å². The maximum Gasteiger partial charge on any atom is 0.339 e. The molecule has 2 rings (SSSR count). The Labute approximate surface area is 149 Å². The summed E-state index contributed by atoms with van der Waals surface area (Å²) in [6.45, 7) is 15.0. The summed E-state index contributed by atoms with van der Waals surface area (Å²) in [5.41, 5.74) is 3.83. The summed E-state index contributed by atoms with van der Waals surface area (Å²) in [6.07, 6.45) is 0. The van der Waals surface area contributed by atoms with Crippen LogP contribution in [0.3, 0.4) is 0 Å². The number of aromatic hydroxyl groups is 1. The fourth-order valence-corrected chi connectivity index (χ4v) is 2.95. The van der Waals surface area contributed by atoms with Crippen LogP contribution in [0.5, 0.6) is 5.75 Å². The molecule has 2 aromatic rings. The second-order valence-electron chi connectivity index (χ2n) is 8.65. The molecular weight excluding hydrogens is 314 g/mol. The van der Waals surface area contributed by atoms with Gasteiger partial charge in [0.25, 0.3) is 0 Å². The Morgan fingerprint density at radius 3 is 1.76 bits per heavy atom. The zero-order chi connectivity index (χ0) is 19.2. The number of aryl methyl sites for hydroxylation is 1. The molecule has 1 heterocycles. The Kier molecular flexibility index (Phi) is 4.69. The highest BCUT2D eigenvalue weighted by atomic mass is 16.4. The van der Waals surface area contributed by atoms with Crippen LogP contribution in [0.2, 0.25) is 0 Å². The number of pyridine rings is 1. The lowest BCUT2D eigenvalue weighted by molar-refractivity contribution is -0.620. The summed E-state index contributed by atoms with van der Waals surface area (Å²) in [5, 5.41) is 19.3. The van der Waals surface area contributed by atoms with Crippen LogP contribution < -0.4 is 4.57 Å². The second-order valence-corrected chi connectivity index (χ2v) is 8.65. The van der Waals surface area contributed by atoms with Gasteiger partial charge in [-0.15, -0.1) is 0 Å². The predicted octanol–water partition coefficient (Wildman–Crippen LogP) is 4.27. The summed E-state index contributed by atoms with van der Waals surface area (Å²) >= 11 is 0. The van der Waals surface area contributed by atoms with Gasteiger partial charge in [-0.05, 0) is 18.6 Å². The number of hydrogen-bond acceptors (Lipinski definition) is 2. The van der Waals surface area contributed by atoms with E-state index in [2.05, 4.69) is 65.2 Å². The number of nitrogens with zero attached hydrogens (tertiary/aromatic N) is 1. The molecule has 0 atom stereocenters. The predicted molar refractivity (Wildman–Crippen MR) is 98.7 cm³/mol. The summed E-state index contributed by atoms with van der Waals surface area (Å²) < 4.78 is 2.14. The first-order valence-corrected chi connectivity index (χ1v) is 8.46. The third-order valence-corrected chi connectivity index (χ3v) is 4.22. The van der Waals surface area contributed by atoms with Crippen LogP contribution in [-0.4, -0.2) is 16.2 Å². The monoisotopic (exact) mass is 342 g/mol. The minimum absolute atomic E-state index is 0.0916. The normalized spacial score (nSPS) is 12.3. The molecule has 0 bridgehead atoms. The van der Waals surface area contributed by atoms with Gasteiger partial charge in [-0.1, -0.05) is 41.5 Å². The molecule has 0 saturated carbocycles. The van der Waals surface area contributed by atoms with Crippen LogP contribution in [0.25, 0.3) is 5.69 Å². The van der Waals surface area contributed by atoms with E-state index < -0.39 is 5.97 Å². The minimum Gasteiger partial charge on any atom is -0.507 e. The van der Waals surface area contributed by atoms with E-state index in [-0.39, 0.29) is 22.1 Å². The lowest BCUT2D eigenvalue weighted by atomic mass is 9.85. The molecule has 0 unspecified atom stereocenters. The third kappa shape index (κ3) is 3.84. The molecule has 4 heteroatoms. The van der Waals surface area contributed by atoms with Gasteiger partial charge in [0.2, 0.25) is 5.69 Å². The zero-order valence-electron chi connectivity index (χ0n) is 16.1. The average molecular weight is 342 g/mol. The van der Waals surface area contributed by atoms with E-state index in [0.717, 1.165) is 17.1 Å². The number of aromatic carboxylic acids is 1. The topological polar surface area (TPSA) is 61.4 Å². The molecule has 0 aliphatic carbocycles. The van der Waals surface area contributed by atoms with E-state index in [1.807, 2.05) is 0 Å². The van der Waals surface area contributed by atoms with E-state index in [9.17, 15) is 9.90 Å². The summed E-state index contributed by atoms with van der Waals surface area (Å²) in [7, 11) is 0. The SMILES string of the molecule is Cc1cc(C(C)(C)C)[n+](-c2ccc(C(=O)O)c(O)c2)c(C(C)(C)C)c1. The van der Waals surface area contributed by atoms with E-state index in [0.29, 0.717) is 0 Å². The Morgan fingerprint density at radius 2 is 1.40 bits per heavy atom. The van der Waals surface area contributed by atoms with Gasteiger partial charge in [0.15, 0.2) is 11.4 Å². The number of carboxylic acids is 1. The van der Waals surface area contributed by atoms with Crippen LogP contribution >= 0.6 is 0 Å². The van der Waals surface area contributed by atoms with Crippen molar-refractivity contribution in [1.29, 1.82) is 0 Å². The second kappa shape index (κ2) is 6.17. The molecule has 0 spiro atoms. The van der Waals surface area contributed by atoms with Crippen molar-refractivity contribution in [2.24, 2.45) is 0 Å². The first kappa shape index (κ1) is 19.0. The molecule has 134 valence electrons. The van der Waals surface area contributed by atoms with E-state index in [1.165, 1.54) is 17.7 Å². The van der Waals surface area contributed by atoms with Gasteiger partial charge in [-0.2, -0.15) is 4.57 Å². The molecule has 0 saturated heterocycles. The molecule has 0 fully saturated rings. The lowest BCUT2D eigenvalue weighted by Crippen LogP contribution is -2.48. The van der Waals surface area contributed by atoms with Crippen molar-refractivity contribution in [3.8, 4) is 11.4 Å². The van der Waals surface area contributed by atoms with Crippen molar-refractivity contribution in [3.05, 3.63) is 52.8 Å². The van der Waals surface area contributed by atoms with Crippen LogP contribution in [0.1, 0.15) is 68.9 Å². The van der Waals surface area contributed by atoms with Crippen molar-refractivity contribution in [2.45, 2.75) is 59.3 Å². The Bertz CT molecular complexity index is 789. The van der Waals surface area contributed by atoms with Gasteiger partial charge in [0, 0.05) is 29.0 Å². The third-order valence-electron chi connectivity index (χ3n) is 4.22. The van der Waals surface area contributed by atoms with E-state index >= 15 is 0 Å². The minimum atomic E-state index is -1.13. The van der Waals surface area contributed by atoms with Crippen molar-refractivity contribution < 1.29 is 19.6 Å². The molecule has 1 aromatic heterocycles.